The van der Waals surface area contributed by atoms with E-state index in [4.69, 9.17) is 11.6 Å². The first kappa shape index (κ1) is 35.8. The Morgan fingerprint density at radius 3 is 2.44 bits per heavy atom. The van der Waals surface area contributed by atoms with Crippen molar-refractivity contribution in [3.05, 3.63) is 74.4 Å². The third kappa shape index (κ3) is 7.24. The van der Waals surface area contributed by atoms with Crippen LogP contribution in [0.25, 0.3) is 11.9 Å². The first-order chi connectivity index (χ1) is 23.6. The molecule has 0 atom stereocenters. The Morgan fingerprint density at radius 2 is 1.82 bits per heavy atom. The molecule has 0 spiro atoms. The fraction of sp³-hybridized carbons (Fsp3) is 0.355. The summed E-state index contributed by atoms with van der Waals surface area (Å²) >= 11 is 6.08. The highest BCUT2D eigenvalue weighted by Crippen LogP contribution is 2.34. The molecule has 3 aromatic heterocycles. The third-order valence-electron chi connectivity index (χ3n) is 7.96. The summed E-state index contributed by atoms with van der Waals surface area (Å²) in [4.78, 5) is 69.6. The Labute approximate surface area is 287 Å². The maximum absolute atomic E-state index is 14.0. The predicted molar refractivity (Wildman–Crippen MR) is 176 cm³/mol. The number of hydrogen-bond donors (Lipinski definition) is 2. The maximum atomic E-state index is 14.0. The van der Waals surface area contributed by atoms with Crippen molar-refractivity contribution in [2.75, 3.05) is 50.5 Å². The molecule has 15 nitrogen and oxygen atoms in total. The largest absolute Gasteiger partial charge is 0.504 e. The first-order valence-corrected chi connectivity index (χ1v) is 15.6. The number of carbonyl (C=O) groups excluding carboxylic acids is 3. The molecule has 1 aromatic carbocycles. The summed E-state index contributed by atoms with van der Waals surface area (Å²) in [5, 5.41) is 16.8. The van der Waals surface area contributed by atoms with Crippen molar-refractivity contribution in [1.82, 2.24) is 38.9 Å². The van der Waals surface area contributed by atoms with Crippen molar-refractivity contribution in [3.63, 3.8) is 0 Å². The van der Waals surface area contributed by atoms with Gasteiger partial charge >= 0.3 is 6.18 Å². The molecule has 2 N–H and O–H groups in total. The van der Waals surface area contributed by atoms with E-state index >= 15 is 0 Å². The number of nitrogens with one attached hydrogen (secondary N) is 1. The Hall–Kier alpha value is -5.52. The lowest BCUT2D eigenvalue weighted by Gasteiger charge is -2.36. The van der Waals surface area contributed by atoms with Gasteiger partial charge in [0, 0.05) is 46.4 Å². The minimum absolute atomic E-state index is 0.00631. The van der Waals surface area contributed by atoms with Crippen LogP contribution in [-0.4, -0.2) is 102 Å². The van der Waals surface area contributed by atoms with Crippen LogP contribution in [0.4, 0.5) is 24.5 Å². The summed E-state index contributed by atoms with van der Waals surface area (Å²) in [6.45, 7) is 3.57. The number of halogens is 4. The van der Waals surface area contributed by atoms with E-state index < -0.39 is 35.7 Å². The number of alkyl halides is 3. The lowest BCUT2D eigenvalue weighted by Crippen LogP contribution is -2.51. The van der Waals surface area contributed by atoms with Crippen LogP contribution >= 0.6 is 11.6 Å². The second-order valence-corrected chi connectivity index (χ2v) is 11.9. The van der Waals surface area contributed by atoms with Crippen LogP contribution in [-0.2, 0) is 28.7 Å². The number of fused-ring (bicyclic) bond motifs is 1. The highest BCUT2D eigenvalue weighted by Gasteiger charge is 2.32. The highest BCUT2D eigenvalue weighted by molar-refractivity contribution is 6.33. The van der Waals surface area contributed by atoms with E-state index in [9.17, 15) is 37.5 Å². The van der Waals surface area contributed by atoms with Gasteiger partial charge < -0.3 is 29.7 Å². The molecule has 0 unspecified atom stereocenters. The van der Waals surface area contributed by atoms with E-state index in [0.29, 0.717) is 11.8 Å². The molecular formula is C31H32ClF3N10O5. The molecule has 1 aliphatic heterocycles. The number of rotatable bonds is 8. The van der Waals surface area contributed by atoms with Gasteiger partial charge in [0.1, 0.15) is 18.6 Å². The summed E-state index contributed by atoms with van der Waals surface area (Å²) in [5.41, 5.74) is -0.902. The van der Waals surface area contributed by atoms with Crippen molar-refractivity contribution >= 4 is 52.6 Å². The number of carbonyl (C=O) groups is 3. The number of likely N-dealkylation sites (N-methyl/N-ethyl adjacent to an activating group) is 1. The zero-order valence-corrected chi connectivity index (χ0v) is 28.1. The quantitative estimate of drug-likeness (QED) is 0.259. The van der Waals surface area contributed by atoms with Gasteiger partial charge in [0.2, 0.25) is 17.6 Å². The van der Waals surface area contributed by atoms with E-state index in [-0.39, 0.29) is 83.6 Å². The van der Waals surface area contributed by atoms with Crippen molar-refractivity contribution < 1.29 is 32.7 Å². The number of anilines is 2. The Kier molecular flexibility index (Phi) is 10.1. The zero-order valence-electron chi connectivity index (χ0n) is 27.3. The molecule has 3 amide bonds. The summed E-state index contributed by atoms with van der Waals surface area (Å²) < 4.78 is 41.9. The molecule has 0 saturated carbocycles. The molecule has 0 bridgehead atoms. The van der Waals surface area contributed by atoms with Crippen LogP contribution in [0.1, 0.15) is 40.2 Å². The Balaban J connectivity index is 1.51. The average Bonchev–Trinajstić information content (AvgIpc) is 3.51. The monoisotopic (exact) mass is 716 g/mol. The van der Waals surface area contributed by atoms with Crippen LogP contribution < -0.4 is 15.8 Å². The fourth-order valence-corrected chi connectivity index (χ4v) is 5.57. The van der Waals surface area contributed by atoms with Crippen LogP contribution in [0, 0.1) is 6.92 Å². The minimum atomic E-state index is -4.63. The SMILES string of the molecule is CCc1c(N2CCN(C(=O)c3ncnc(C)c3O)CC2)c(=O)n2nc(/C=C/C(=O)N(C)C)nc2n1CC(=O)Nc1ccc(C(F)(F)F)cc1Cl. The van der Waals surface area contributed by atoms with E-state index in [1.54, 1.807) is 32.8 Å². The van der Waals surface area contributed by atoms with Gasteiger partial charge in [0.05, 0.1) is 27.7 Å². The summed E-state index contributed by atoms with van der Waals surface area (Å²) in [7, 11) is 3.11. The first-order valence-electron chi connectivity index (χ1n) is 15.2. The van der Waals surface area contributed by atoms with Crippen LogP contribution in [0.3, 0.4) is 0 Å². The van der Waals surface area contributed by atoms with Gasteiger partial charge in [-0.15, -0.1) is 5.10 Å². The second-order valence-electron chi connectivity index (χ2n) is 11.5. The smallest absolute Gasteiger partial charge is 0.416 e. The van der Waals surface area contributed by atoms with E-state index in [0.717, 1.165) is 16.6 Å². The van der Waals surface area contributed by atoms with Gasteiger partial charge in [-0.3, -0.25) is 19.2 Å². The standard InChI is InChI=1S/C31H32ClF3N10O5/c1-5-21-26(42-10-12-43(13-11-42)28(49)25-27(48)17(2)36-16-37-25)29(50)45-30(39-22(40-45)8-9-24(47)41(3)4)44(21)15-23(46)38-20-7-6-18(14-19(20)32)31(33,34)35/h6-9,14,16,48H,5,10-13,15H2,1-4H3,(H,38,46)/b9-8+. The molecule has 264 valence electrons. The van der Waals surface area contributed by atoms with E-state index in [1.165, 1.54) is 32.8 Å². The lowest BCUT2D eigenvalue weighted by atomic mass is 10.2. The molecule has 0 radical (unpaired) electrons. The molecule has 0 aliphatic carbocycles. The van der Waals surface area contributed by atoms with Crippen molar-refractivity contribution in [2.24, 2.45) is 0 Å². The normalized spacial score (nSPS) is 13.7. The number of amides is 3. The maximum Gasteiger partial charge on any atom is 0.416 e. The van der Waals surface area contributed by atoms with Gasteiger partial charge in [-0.05, 0) is 37.6 Å². The lowest BCUT2D eigenvalue weighted by molar-refractivity contribution is -0.137. The van der Waals surface area contributed by atoms with Crippen molar-refractivity contribution in [3.8, 4) is 5.75 Å². The number of benzene rings is 1. The molecule has 4 heterocycles. The number of aromatic nitrogens is 6. The number of aryl methyl sites for hydroxylation is 1. The second kappa shape index (κ2) is 14.1. The average molecular weight is 717 g/mol. The van der Waals surface area contributed by atoms with Gasteiger partial charge in [-0.25, -0.2) is 9.97 Å². The molecule has 1 saturated heterocycles. The topological polar surface area (TPSA) is 171 Å². The molecule has 4 aromatic rings. The fourth-order valence-electron chi connectivity index (χ4n) is 5.34. The van der Waals surface area contributed by atoms with Gasteiger partial charge in [-0.2, -0.15) is 22.7 Å². The van der Waals surface area contributed by atoms with Crippen LogP contribution in [0.5, 0.6) is 5.75 Å². The molecule has 1 aliphatic rings. The number of hydrogen-bond acceptors (Lipinski definition) is 10. The summed E-state index contributed by atoms with van der Waals surface area (Å²) in [6, 6.07) is 2.54. The third-order valence-corrected chi connectivity index (χ3v) is 8.27. The molecule has 50 heavy (non-hydrogen) atoms. The predicted octanol–water partition coefficient (Wildman–Crippen LogP) is 2.63. The van der Waals surface area contributed by atoms with Gasteiger partial charge in [0.15, 0.2) is 17.3 Å². The summed E-state index contributed by atoms with van der Waals surface area (Å²) in [6.07, 6.45) is -0.672. The van der Waals surface area contributed by atoms with Crippen molar-refractivity contribution in [2.45, 2.75) is 33.0 Å². The molecule has 19 heteroatoms. The van der Waals surface area contributed by atoms with Gasteiger partial charge in [-0.1, -0.05) is 18.5 Å². The zero-order chi connectivity index (χ0) is 36.5. The number of aromatic hydroxyl groups is 1. The van der Waals surface area contributed by atoms with E-state index in [2.05, 4.69) is 25.4 Å². The summed E-state index contributed by atoms with van der Waals surface area (Å²) in [5.74, 6) is -1.89. The van der Waals surface area contributed by atoms with Gasteiger partial charge in [0.25, 0.3) is 11.5 Å². The van der Waals surface area contributed by atoms with Crippen molar-refractivity contribution in [1.29, 1.82) is 0 Å². The number of nitrogens with zero attached hydrogens (tertiary/aromatic N) is 9. The molecule has 1 fully saturated rings. The highest BCUT2D eigenvalue weighted by atomic mass is 35.5. The molecular weight excluding hydrogens is 685 g/mol. The van der Waals surface area contributed by atoms with Crippen LogP contribution in [0.15, 0.2) is 35.4 Å². The minimum Gasteiger partial charge on any atom is -0.504 e. The number of piperazine rings is 1. The van der Waals surface area contributed by atoms with Crippen LogP contribution in [0.2, 0.25) is 5.02 Å². The molecule has 5 rings (SSSR count). The Morgan fingerprint density at radius 1 is 1.12 bits per heavy atom. The Bertz CT molecular complexity index is 2070. The van der Waals surface area contributed by atoms with E-state index in [1.807, 2.05) is 0 Å².